The molecule has 5 heteroatoms. The van der Waals surface area contributed by atoms with Crippen molar-refractivity contribution in [3.63, 3.8) is 0 Å². The summed E-state index contributed by atoms with van der Waals surface area (Å²) in [5.74, 6) is -0.0860. The number of hydrogen-bond donors (Lipinski definition) is 1. The molecule has 0 saturated carbocycles. The number of amides is 2. The average molecular weight is 457 g/mol. The van der Waals surface area contributed by atoms with Gasteiger partial charge < -0.3 is 10.2 Å². The van der Waals surface area contributed by atoms with Crippen molar-refractivity contribution in [1.82, 2.24) is 5.32 Å². The number of nitrogens with one attached hydrogen (secondary N) is 1. The van der Waals surface area contributed by atoms with Gasteiger partial charge in [-0.3, -0.25) is 9.59 Å². The largest absolute Gasteiger partial charge is 0.352 e. The summed E-state index contributed by atoms with van der Waals surface area (Å²) >= 11 is 1.49. The van der Waals surface area contributed by atoms with Crippen molar-refractivity contribution in [2.75, 3.05) is 11.4 Å². The maximum atomic E-state index is 13.6. The maximum Gasteiger partial charge on any atom is 0.265 e. The normalized spacial score (nSPS) is 14.3. The van der Waals surface area contributed by atoms with E-state index in [1.54, 1.807) is 12.1 Å². The monoisotopic (exact) mass is 456 g/mol. The minimum atomic E-state index is -0.0761. The summed E-state index contributed by atoms with van der Waals surface area (Å²) in [6, 6.07) is 21.8. The van der Waals surface area contributed by atoms with Gasteiger partial charge in [0.25, 0.3) is 11.8 Å². The van der Waals surface area contributed by atoms with Crippen LogP contribution in [-0.2, 0) is 11.3 Å². The van der Waals surface area contributed by atoms with E-state index in [2.05, 4.69) is 43.4 Å². The highest BCUT2D eigenvalue weighted by Crippen LogP contribution is 2.42. The molecule has 168 valence electrons. The molecule has 33 heavy (non-hydrogen) atoms. The highest BCUT2D eigenvalue weighted by Gasteiger charge is 2.29. The zero-order chi connectivity index (χ0) is 23.4. The molecule has 1 aliphatic heterocycles. The third-order valence-electron chi connectivity index (χ3n) is 5.67. The first-order valence-electron chi connectivity index (χ1n) is 11.2. The fourth-order valence-electron chi connectivity index (χ4n) is 3.78. The first-order chi connectivity index (χ1) is 16.0. The SMILES string of the molecule is CCCNC(=O)c1ccc(/C=C2\Sc3ccccc3N(Cc3cc(C)ccc3C)C2=O)cc1. The van der Waals surface area contributed by atoms with E-state index in [4.69, 9.17) is 0 Å². The number of fused-ring (bicyclic) bond motifs is 1. The van der Waals surface area contributed by atoms with E-state index in [9.17, 15) is 9.59 Å². The number of para-hydroxylation sites is 1. The van der Waals surface area contributed by atoms with Gasteiger partial charge in [0.2, 0.25) is 0 Å². The molecule has 3 aromatic carbocycles. The summed E-state index contributed by atoms with van der Waals surface area (Å²) in [4.78, 5) is 29.3. The number of rotatable bonds is 6. The fourth-order valence-corrected chi connectivity index (χ4v) is 4.84. The second kappa shape index (κ2) is 10.1. The molecule has 3 aromatic rings. The van der Waals surface area contributed by atoms with Gasteiger partial charge in [0.05, 0.1) is 17.1 Å². The van der Waals surface area contributed by atoms with E-state index in [-0.39, 0.29) is 11.8 Å². The molecule has 0 aliphatic carbocycles. The number of anilines is 1. The Balaban J connectivity index is 1.63. The van der Waals surface area contributed by atoms with E-state index >= 15 is 0 Å². The fraction of sp³-hybridized carbons (Fsp3) is 0.214. The Morgan fingerprint density at radius 1 is 1.03 bits per heavy atom. The van der Waals surface area contributed by atoms with Gasteiger partial charge in [-0.1, -0.05) is 66.7 Å². The molecular formula is C28H28N2O2S. The summed E-state index contributed by atoms with van der Waals surface area (Å²) in [5, 5.41) is 2.89. The lowest BCUT2D eigenvalue weighted by Gasteiger charge is -2.31. The van der Waals surface area contributed by atoms with Gasteiger partial charge in [-0.05, 0) is 67.3 Å². The first kappa shape index (κ1) is 22.9. The maximum absolute atomic E-state index is 13.6. The highest BCUT2D eigenvalue weighted by molar-refractivity contribution is 8.04. The number of nitrogens with zero attached hydrogens (tertiary/aromatic N) is 1. The lowest BCUT2D eigenvalue weighted by atomic mass is 10.0. The Kier molecular flexibility index (Phi) is 6.99. The molecule has 4 nitrogen and oxygen atoms in total. The summed E-state index contributed by atoms with van der Waals surface area (Å²) in [6.07, 6.45) is 2.81. The molecule has 1 aliphatic rings. The third-order valence-corrected chi connectivity index (χ3v) is 6.75. The van der Waals surface area contributed by atoms with E-state index in [1.807, 2.05) is 48.2 Å². The minimum Gasteiger partial charge on any atom is -0.352 e. The summed E-state index contributed by atoms with van der Waals surface area (Å²) in [5.41, 5.74) is 5.95. The number of benzene rings is 3. The molecule has 0 spiro atoms. The minimum absolute atomic E-state index is 0.00984. The second-order valence-electron chi connectivity index (χ2n) is 8.28. The Morgan fingerprint density at radius 2 is 1.79 bits per heavy atom. The van der Waals surface area contributed by atoms with Crippen molar-refractivity contribution in [3.8, 4) is 0 Å². The average Bonchev–Trinajstić information content (AvgIpc) is 2.82. The van der Waals surface area contributed by atoms with E-state index < -0.39 is 0 Å². The molecular weight excluding hydrogens is 428 g/mol. The predicted octanol–water partition coefficient (Wildman–Crippen LogP) is 6.12. The highest BCUT2D eigenvalue weighted by atomic mass is 32.2. The van der Waals surface area contributed by atoms with Crippen LogP contribution in [0.25, 0.3) is 6.08 Å². The Morgan fingerprint density at radius 3 is 2.55 bits per heavy atom. The van der Waals surface area contributed by atoms with E-state index in [0.717, 1.165) is 28.1 Å². The molecule has 4 rings (SSSR count). The molecule has 0 unspecified atom stereocenters. The van der Waals surface area contributed by atoms with Gasteiger partial charge in [0.1, 0.15) is 0 Å². The van der Waals surface area contributed by atoms with Crippen molar-refractivity contribution in [2.24, 2.45) is 0 Å². The molecule has 0 radical (unpaired) electrons. The Hall–Kier alpha value is -3.31. The molecule has 1 N–H and O–H groups in total. The van der Waals surface area contributed by atoms with Crippen LogP contribution in [-0.4, -0.2) is 18.4 Å². The van der Waals surface area contributed by atoms with Crippen LogP contribution in [0.2, 0.25) is 0 Å². The number of carbonyl (C=O) groups excluding carboxylic acids is 2. The molecule has 0 aromatic heterocycles. The zero-order valence-corrected chi connectivity index (χ0v) is 20.0. The van der Waals surface area contributed by atoms with Crippen molar-refractivity contribution >= 4 is 35.3 Å². The topological polar surface area (TPSA) is 49.4 Å². The molecule has 2 amide bonds. The van der Waals surface area contributed by atoms with Gasteiger partial charge in [-0.25, -0.2) is 0 Å². The third kappa shape index (κ3) is 5.20. The molecule has 0 saturated heterocycles. The Labute approximate surface area is 199 Å². The smallest absolute Gasteiger partial charge is 0.265 e. The standard InChI is InChI=1S/C28H28N2O2S/c1-4-15-29-27(31)22-13-11-21(12-14-22)17-26-28(32)30(24-7-5-6-8-25(24)33-26)18-23-16-19(2)9-10-20(23)3/h5-14,16-17H,4,15,18H2,1-3H3,(H,29,31)/b26-17-. The predicted molar refractivity (Wildman–Crippen MR) is 136 cm³/mol. The van der Waals surface area contributed by atoms with Gasteiger partial charge in [0, 0.05) is 17.0 Å². The van der Waals surface area contributed by atoms with Crippen LogP contribution >= 0.6 is 11.8 Å². The van der Waals surface area contributed by atoms with Crippen LogP contribution in [0.1, 0.15) is 46.0 Å². The quantitative estimate of drug-likeness (QED) is 0.454. The molecule has 0 fully saturated rings. The van der Waals surface area contributed by atoms with Crippen LogP contribution < -0.4 is 10.2 Å². The van der Waals surface area contributed by atoms with Crippen LogP contribution in [0.4, 0.5) is 5.69 Å². The molecule has 0 atom stereocenters. The van der Waals surface area contributed by atoms with Crippen LogP contribution in [0, 0.1) is 13.8 Å². The van der Waals surface area contributed by atoms with Gasteiger partial charge in [0.15, 0.2) is 0 Å². The van der Waals surface area contributed by atoms with Gasteiger partial charge in [-0.15, -0.1) is 0 Å². The summed E-state index contributed by atoms with van der Waals surface area (Å²) < 4.78 is 0. The number of carbonyl (C=O) groups is 2. The Bertz CT molecular complexity index is 1210. The zero-order valence-electron chi connectivity index (χ0n) is 19.2. The van der Waals surface area contributed by atoms with E-state index in [0.29, 0.717) is 23.6 Å². The second-order valence-corrected chi connectivity index (χ2v) is 9.36. The van der Waals surface area contributed by atoms with Crippen LogP contribution in [0.5, 0.6) is 0 Å². The van der Waals surface area contributed by atoms with Gasteiger partial charge in [-0.2, -0.15) is 0 Å². The van der Waals surface area contributed by atoms with Crippen LogP contribution in [0.15, 0.2) is 76.5 Å². The lowest BCUT2D eigenvalue weighted by Crippen LogP contribution is -2.34. The number of aryl methyl sites for hydroxylation is 2. The summed E-state index contributed by atoms with van der Waals surface area (Å²) in [7, 11) is 0. The molecule has 1 heterocycles. The number of hydrogen-bond acceptors (Lipinski definition) is 3. The lowest BCUT2D eigenvalue weighted by molar-refractivity contribution is -0.114. The van der Waals surface area contributed by atoms with Crippen molar-refractivity contribution < 1.29 is 9.59 Å². The number of thioether (sulfide) groups is 1. The molecule has 0 bridgehead atoms. The van der Waals surface area contributed by atoms with Gasteiger partial charge >= 0.3 is 0 Å². The summed E-state index contributed by atoms with van der Waals surface area (Å²) in [6.45, 7) is 7.36. The van der Waals surface area contributed by atoms with E-state index in [1.165, 1.54) is 22.9 Å². The first-order valence-corrected chi connectivity index (χ1v) is 12.0. The van der Waals surface area contributed by atoms with Crippen molar-refractivity contribution in [3.05, 3.63) is 99.5 Å². The van der Waals surface area contributed by atoms with Crippen molar-refractivity contribution in [1.29, 1.82) is 0 Å². The van der Waals surface area contributed by atoms with Crippen LogP contribution in [0.3, 0.4) is 0 Å². The van der Waals surface area contributed by atoms with Crippen molar-refractivity contribution in [2.45, 2.75) is 38.6 Å².